The van der Waals surface area contributed by atoms with E-state index in [0.29, 0.717) is 6.42 Å². The van der Waals surface area contributed by atoms with E-state index in [1.165, 1.54) is 12.1 Å². The molecule has 3 N–H and O–H groups in total. The molecule has 0 saturated heterocycles. The van der Waals surface area contributed by atoms with E-state index in [1.54, 1.807) is 13.0 Å². The Balaban J connectivity index is 2.63. The smallest absolute Gasteiger partial charge is 0.319 e. The van der Waals surface area contributed by atoms with Crippen molar-refractivity contribution in [1.29, 1.82) is 0 Å². The summed E-state index contributed by atoms with van der Waals surface area (Å²) >= 11 is 0. The van der Waals surface area contributed by atoms with Crippen molar-refractivity contribution in [1.82, 2.24) is 5.32 Å². The van der Waals surface area contributed by atoms with Crippen molar-refractivity contribution in [3.8, 4) is 0 Å². The molecule has 1 aromatic carbocycles. The summed E-state index contributed by atoms with van der Waals surface area (Å²) in [5, 5.41) is 14.1. The average Bonchev–Trinajstić information content (AvgIpc) is 2.32. The third-order valence-corrected chi connectivity index (χ3v) is 2.93. The normalized spacial score (nSPS) is 12.3. The highest BCUT2D eigenvalue weighted by Crippen LogP contribution is 2.15. The number of hydrogen-bond acceptors (Lipinski definition) is 2. The van der Waals surface area contributed by atoms with Crippen molar-refractivity contribution in [2.75, 3.05) is 11.9 Å². The van der Waals surface area contributed by atoms with Crippen LogP contribution in [0.4, 0.5) is 14.9 Å². The van der Waals surface area contributed by atoms with E-state index in [-0.39, 0.29) is 24.3 Å². The minimum atomic E-state index is -0.463. The molecule has 5 heteroatoms. The van der Waals surface area contributed by atoms with Gasteiger partial charge in [0.05, 0.1) is 5.69 Å². The minimum Gasteiger partial charge on any atom is -0.396 e. The molecule has 0 saturated carbocycles. The zero-order valence-electron chi connectivity index (χ0n) is 11.5. The van der Waals surface area contributed by atoms with Crippen molar-refractivity contribution < 1.29 is 14.3 Å². The number of amides is 2. The Kier molecular flexibility index (Phi) is 5.76. The van der Waals surface area contributed by atoms with Gasteiger partial charge in [-0.1, -0.05) is 19.9 Å². The van der Waals surface area contributed by atoms with E-state index in [1.807, 2.05) is 13.8 Å². The molecule has 0 spiro atoms. The van der Waals surface area contributed by atoms with Crippen LogP contribution in [-0.2, 0) is 0 Å². The number of carbonyl (C=O) groups is 1. The lowest BCUT2D eigenvalue weighted by Crippen LogP contribution is -2.41. The molecule has 1 unspecified atom stereocenters. The number of urea groups is 1. The molecule has 0 aliphatic rings. The maximum absolute atomic E-state index is 13.6. The van der Waals surface area contributed by atoms with Crippen molar-refractivity contribution in [3.63, 3.8) is 0 Å². The van der Waals surface area contributed by atoms with E-state index in [0.717, 1.165) is 5.56 Å². The van der Waals surface area contributed by atoms with Crippen LogP contribution in [-0.4, -0.2) is 23.8 Å². The zero-order valence-corrected chi connectivity index (χ0v) is 11.5. The highest BCUT2D eigenvalue weighted by atomic mass is 19.1. The summed E-state index contributed by atoms with van der Waals surface area (Å²) < 4.78 is 13.6. The quantitative estimate of drug-likeness (QED) is 0.769. The Bertz CT molecular complexity index is 435. The van der Waals surface area contributed by atoms with Crippen LogP contribution in [0.2, 0.25) is 0 Å². The minimum absolute atomic E-state index is 0.00200. The monoisotopic (exact) mass is 268 g/mol. The second kappa shape index (κ2) is 7.09. The molecule has 0 aromatic heterocycles. The maximum atomic E-state index is 13.6. The van der Waals surface area contributed by atoms with Crippen LogP contribution >= 0.6 is 0 Å². The van der Waals surface area contributed by atoms with Gasteiger partial charge in [-0.2, -0.15) is 0 Å². The number of rotatable bonds is 5. The Morgan fingerprint density at radius 1 is 1.42 bits per heavy atom. The number of nitrogens with one attached hydrogen (secondary N) is 2. The molecule has 4 nitrogen and oxygen atoms in total. The van der Waals surface area contributed by atoms with E-state index in [9.17, 15) is 9.18 Å². The molecule has 106 valence electrons. The molecular weight excluding hydrogens is 247 g/mol. The van der Waals surface area contributed by atoms with E-state index < -0.39 is 11.8 Å². The van der Waals surface area contributed by atoms with Crippen molar-refractivity contribution in [3.05, 3.63) is 29.6 Å². The largest absolute Gasteiger partial charge is 0.396 e. The summed E-state index contributed by atoms with van der Waals surface area (Å²) in [6, 6.07) is 4.02. The zero-order chi connectivity index (χ0) is 14.4. The average molecular weight is 268 g/mol. The Labute approximate surface area is 113 Å². The van der Waals surface area contributed by atoms with Gasteiger partial charge in [0.25, 0.3) is 0 Å². The van der Waals surface area contributed by atoms with Crippen molar-refractivity contribution in [2.45, 2.75) is 33.2 Å². The summed E-state index contributed by atoms with van der Waals surface area (Å²) in [6.45, 7) is 5.69. The number of hydrogen-bond donors (Lipinski definition) is 3. The van der Waals surface area contributed by atoms with Gasteiger partial charge in [0.1, 0.15) is 5.82 Å². The lowest BCUT2D eigenvalue weighted by Gasteiger charge is -2.21. The summed E-state index contributed by atoms with van der Waals surface area (Å²) in [4.78, 5) is 11.8. The van der Waals surface area contributed by atoms with Crippen molar-refractivity contribution >= 4 is 11.7 Å². The van der Waals surface area contributed by atoms with E-state index >= 15 is 0 Å². The van der Waals surface area contributed by atoms with Gasteiger partial charge in [-0.05, 0) is 37.0 Å². The SMILES string of the molecule is Cc1ccc(NC(=O)NC(CCO)C(C)C)c(F)c1. The first-order chi connectivity index (χ1) is 8.93. The van der Waals surface area contributed by atoms with Crippen LogP contribution in [0.25, 0.3) is 0 Å². The van der Waals surface area contributed by atoms with Gasteiger partial charge in [-0.25, -0.2) is 9.18 Å². The fourth-order valence-electron chi connectivity index (χ4n) is 1.76. The van der Waals surface area contributed by atoms with Gasteiger partial charge in [0, 0.05) is 12.6 Å². The highest BCUT2D eigenvalue weighted by Gasteiger charge is 2.16. The Hall–Kier alpha value is -1.62. The highest BCUT2D eigenvalue weighted by molar-refractivity contribution is 5.89. The summed E-state index contributed by atoms with van der Waals surface area (Å²) in [5.41, 5.74) is 0.943. The predicted octanol–water partition coefficient (Wildman–Crippen LogP) is 2.66. The van der Waals surface area contributed by atoms with Gasteiger partial charge < -0.3 is 15.7 Å². The molecule has 1 rings (SSSR count). The van der Waals surface area contributed by atoms with Crippen LogP contribution in [0.3, 0.4) is 0 Å². The molecule has 0 heterocycles. The number of aliphatic hydroxyl groups excluding tert-OH is 1. The lowest BCUT2D eigenvalue weighted by atomic mass is 10.0. The molecule has 1 atom stereocenters. The van der Waals surface area contributed by atoms with Crippen LogP contribution in [0, 0.1) is 18.7 Å². The molecule has 19 heavy (non-hydrogen) atoms. The number of aryl methyl sites for hydroxylation is 1. The number of anilines is 1. The third kappa shape index (κ3) is 4.87. The van der Waals surface area contributed by atoms with Gasteiger partial charge in [0.15, 0.2) is 0 Å². The first-order valence-corrected chi connectivity index (χ1v) is 6.38. The molecule has 1 aromatic rings. The molecule has 2 amide bonds. The number of aliphatic hydroxyl groups is 1. The molecular formula is C14H21FN2O2. The molecule has 0 aliphatic heterocycles. The van der Waals surface area contributed by atoms with Crippen molar-refractivity contribution in [2.24, 2.45) is 5.92 Å². The topological polar surface area (TPSA) is 61.4 Å². The first kappa shape index (κ1) is 15.4. The number of carbonyl (C=O) groups excluding carboxylic acids is 1. The number of benzene rings is 1. The Morgan fingerprint density at radius 3 is 2.63 bits per heavy atom. The summed E-state index contributed by atoms with van der Waals surface area (Å²) in [5.74, 6) is -0.265. The second-order valence-corrected chi connectivity index (χ2v) is 4.94. The maximum Gasteiger partial charge on any atom is 0.319 e. The second-order valence-electron chi connectivity index (χ2n) is 4.94. The van der Waals surface area contributed by atoms with Crippen LogP contribution < -0.4 is 10.6 Å². The van der Waals surface area contributed by atoms with Crippen LogP contribution in [0.1, 0.15) is 25.8 Å². The molecule has 0 fully saturated rings. The third-order valence-electron chi connectivity index (χ3n) is 2.93. The van der Waals surface area contributed by atoms with E-state index in [4.69, 9.17) is 5.11 Å². The van der Waals surface area contributed by atoms with Crippen LogP contribution in [0.5, 0.6) is 0 Å². The first-order valence-electron chi connectivity index (χ1n) is 6.38. The molecule has 0 aliphatic carbocycles. The van der Waals surface area contributed by atoms with Crippen LogP contribution in [0.15, 0.2) is 18.2 Å². The standard InChI is InChI=1S/C14H21FN2O2/c1-9(2)12(6-7-18)16-14(19)17-13-5-4-10(3)8-11(13)15/h4-5,8-9,12,18H,6-7H2,1-3H3,(H2,16,17,19). The van der Waals surface area contributed by atoms with Gasteiger partial charge in [-0.3, -0.25) is 0 Å². The Morgan fingerprint density at radius 2 is 2.11 bits per heavy atom. The summed E-state index contributed by atoms with van der Waals surface area (Å²) in [6.07, 6.45) is 0.474. The fourth-order valence-corrected chi connectivity index (χ4v) is 1.76. The molecule has 0 bridgehead atoms. The summed E-state index contributed by atoms with van der Waals surface area (Å²) in [7, 11) is 0. The van der Waals surface area contributed by atoms with Gasteiger partial charge in [-0.15, -0.1) is 0 Å². The number of halogens is 1. The van der Waals surface area contributed by atoms with E-state index in [2.05, 4.69) is 10.6 Å². The lowest BCUT2D eigenvalue weighted by molar-refractivity contribution is 0.227. The van der Waals surface area contributed by atoms with Gasteiger partial charge >= 0.3 is 6.03 Å². The fraction of sp³-hybridized carbons (Fsp3) is 0.500. The molecule has 0 radical (unpaired) electrons. The van der Waals surface area contributed by atoms with Gasteiger partial charge in [0.2, 0.25) is 0 Å². The predicted molar refractivity (Wildman–Crippen MR) is 73.6 cm³/mol.